The first-order chi connectivity index (χ1) is 13.7. The number of hydrogen-bond acceptors (Lipinski definition) is 7. The van der Waals surface area contributed by atoms with Gasteiger partial charge in [-0.15, -0.1) is 0 Å². The number of aromatic nitrogens is 1. The molecule has 3 rings (SSSR count). The number of amides is 3. The van der Waals surface area contributed by atoms with Gasteiger partial charge in [0.2, 0.25) is 0 Å². The molecule has 0 spiro atoms. The van der Waals surface area contributed by atoms with E-state index in [1.807, 2.05) is 0 Å². The fraction of sp³-hybridized carbons (Fsp3) is 0.278. The molecule has 1 aromatic heterocycles. The first-order valence-electron chi connectivity index (χ1n) is 8.50. The number of hydrogen-bond donors (Lipinski definition) is 1. The zero-order valence-corrected chi connectivity index (χ0v) is 16.8. The molecule has 2 aromatic rings. The second-order valence-corrected chi connectivity index (χ2v) is 7.02. The highest BCUT2D eigenvalue weighted by molar-refractivity contribution is 6.43. The van der Waals surface area contributed by atoms with E-state index in [0.29, 0.717) is 10.7 Å². The van der Waals surface area contributed by atoms with E-state index >= 15 is 0 Å². The molecule has 0 saturated carbocycles. The largest absolute Gasteiger partial charge is 0.451 e. The highest BCUT2D eigenvalue weighted by Crippen LogP contribution is 2.31. The number of aryl methyl sites for hydroxylation is 1. The lowest BCUT2D eigenvalue weighted by Crippen LogP contribution is -2.39. The Kier molecular flexibility index (Phi) is 5.90. The molecule has 2 heterocycles. The van der Waals surface area contributed by atoms with Gasteiger partial charge < -0.3 is 14.6 Å². The van der Waals surface area contributed by atoms with Gasteiger partial charge in [0.25, 0.3) is 17.7 Å². The summed E-state index contributed by atoms with van der Waals surface area (Å²) >= 11 is 11.8. The number of ether oxygens (including phenoxy) is 1. The van der Waals surface area contributed by atoms with E-state index in [9.17, 15) is 19.2 Å². The number of carbonyl (C=O) groups excluding carboxylic acids is 4. The van der Waals surface area contributed by atoms with Crippen molar-refractivity contribution in [3.8, 4) is 0 Å². The van der Waals surface area contributed by atoms with Gasteiger partial charge in [-0.2, -0.15) is 0 Å². The average Bonchev–Trinajstić information content (AvgIpc) is 3.17. The summed E-state index contributed by atoms with van der Waals surface area (Å²) in [5, 5.41) is 6.31. The van der Waals surface area contributed by atoms with Crippen molar-refractivity contribution in [1.29, 1.82) is 0 Å². The van der Waals surface area contributed by atoms with E-state index in [1.165, 1.54) is 18.2 Å². The molecule has 152 valence electrons. The molecule has 1 aromatic carbocycles. The molecule has 29 heavy (non-hydrogen) atoms. The molecule has 1 aliphatic heterocycles. The number of carbonyl (C=O) groups is 4. The fourth-order valence-corrected chi connectivity index (χ4v) is 3.03. The first kappa shape index (κ1) is 20.8. The van der Waals surface area contributed by atoms with Crippen LogP contribution >= 0.6 is 23.2 Å². The molecule has 1 aliphatic rings. The maximum Gasteiger partial charge on any atom is 0.327 e. The molecule has 0 radical (unpaired) electrons. The van der Waals surface area contributed by atoms with Crippen molar-refractivity contribution in [3.63, 3.8) is 0 Å². The third-order valence-corrected chi connectivity index (χ3v) is 4.84. The summed E-state index contributed by atoms with van der Waals surface area (Å²) in [6.07, 6.45) is -0.972. The van der Waals surface area contributed by atoms with E-state index < -0.39 is 36.3 Å². The first-order valence-corrected chi connectivity index (χ1v) is 9.25. The van der Waals surface area contributed by atoms with Crippen molar-refractivity contribution in [2.45, 2.75) is 26.4 Å². The number of rotatable bonds is 6. The van der Waals surface area contributed by atoms with Crippen molar-refractivity contribution >= 4 is 52.7 Å². The molecule has 1 unspecified atom stereocenters. The van der Waals surface area contributed by atoms with Crippen LogP contribution in [0.25, 0.3) is 0 Å². The van der Waals surface area contributed by atoms with Crippen LogP contribution in [-0.2, 0) is 14.3 Å². The minimum absolute atomic E-state index is 0.0448. The molecular weight excluding hydrogens is 425 g/mol. The van der Waals surface area contributed by atoms with Gasteiger partial charge in [-0.3, -0.25) is 24.1 Å². The highest BCUT2D eigenvalue weighted by atomic mass is 35.5. The number of esters is 1. The van der Waals surface area contributed by atoms with Crippen LogP contribution in [0.2, 0.25) is 10.0 Å². The van der Waals surface area contributed by atoms with Gasteiger partial charge in [-0.25, -0.2) is 0 Å². The van der Waals surface area contributed by atoms with Crippen molar-refractivity contribution < 1.29 is 28.4 Å². The van der Waals surface area contributed by atoms with E-state index in [1.54, 1.807) is 13.8 Å². The Morgan fingerprint density at radius 1 is 1.17 bits per heavy atom. The molecule has 0 bridgehead atoms. The Morgan fingerprint density at radius 3 is 2.24 bits per heavy atom. The highest BCUT2D eigenvalue weighted by Gasteiger charge is 2.38. The van der Waals surface area contributed by atoms with Gasteiger partial charge in [-0.05, 0) is 25.5 Å². The van der Waals surface area contributed by atoms with Crippen LogP contribution in [0.3, 0.4) is 0 Å². The molecule has 3 amide bonds. The maximum atomic E-state index is 12.4. The normalized spacial score (nSPS) is 14.0. The summed E-state index contributed by atoms with van der Waals surface area (Å²) in [5.41, 5.74) is 0.0896. The zero-order valence-electron chi connectivity index (χ0n) is 15.3. The number of nitrogens with one attached hydrogen (secondary N) is 1. The predicted molar refractivity (Wildman–Crippen MR) is 102 cm³/mol. The van der Waals surface area contributed by atoms with Crippen molar-refractivity contribution in [2.75, 3.05) is 11.9 Å². The monoisotopic (exact) mass is 439 g/mol. The third-order valence-electron chi connectivity index (χ3n) is 4.11. The van der Waals surface area contributed by atoms with Gasteiger partial charge >= 0.3 is 5.97 Å². The smallest absolute Gasteiger partial charge is 0.327 e. The Hall–Kier alpha value is -2.91. The van der Waals surface area contributed by atoms with E-state index in [4.69, 9.17) is 32.5 Å². The van der Waals surface area contributed by atoms with Gasteiger partial charge in [-0.1, -0.05) is 35.3 Å². The molecule has 0 saturated heterocycles. The molecule has 1 atom stereocenters. The Labute approximate surface area is 174 Å². The van der Waals surface area contributed by atoms with Crippen LogP contribution in [0.4, 0.5) is 5.82 Å². The third kappa shape index (κ3) is 4.25. The number of nitrogens with zero attached hydrogens (tertiary/aromatic N) is 2. The molecule has 1 N–H and O–H groups in total. The molecule has 0 aliphatic carbocycles. The Balaban J connectivity index is 1.65. The van der Waals surface area contributed by atoms with E-state index in [0.717, 1.165) is 0 Å². The van der Waals surface area contributed by atoms with Crippen LogP contribution in [0.5, 0.6) is 0 Å². The topological polar surface area (TPSA) is 119 Å². The zero-order chi connectivity index (χ0) is 21.3. The Morgan fingerprint density at radius 2 is 1.76 bits per heavy atom. The summed E-state index contributed by atoms with van der Waals surface area (Å²) in [5.74, 6) is -2.26. The van der Waals surface area contributed by atoms with Crippen molar-refractivity contribution in [3.05, 3.63) is 45.1 Å². The number of benzene rings is 1. The number of anilines is 1. The second kappa shape index (κ2) is 8.22. The minimum atomic E-state index is -1.14. The summed E-state index contributed by atoms with van der Waals surface area (Å²) in [7, 11) is 0. The fourth-order valence-electron chi connectivity index (χ4n) is 2.71. The maximum absolute atomic E-state index is 12.4. The summed E-state index contributed by atoms with van der Waals surface area (Å²) in [6, 6.07) is 4.04. The van der Waals surface area contributed by atoms with Crippen molar-refractivity contribution in [2.24, 2.45) is 0 Å². The predicted octanol–water partition coefficient (Wildman–Crippen LogP) is 2.85. The Bertz CT molecular complexity index is 978. The quantitative estimate of drug-likeness (QED) is 0.542. The van der Waals surface area contributed by atoms with Crippen LogP contribution in [0, 0.1) is 6.92 Å². The minimum Gasteiger partial charge on any atom is -0.451 e. The molecule has 9 nitrogen and oxygen atoms in total. The summed E-state index contributed by atoms with van der Waals surface area (Å²) in [4.78, 5) is 50.1. The lowest BCUT2D eigenvalue weighted by molar-refractivity contribution is -0.154. The van der Waals surface area contributed by atoms with Crippen LogP contribution in [0.15, 0.2) is 22.7 Å². The lowest BCUT2D eigenvalue weighted by Gasteiger charge is -2.17. The van der Waals surface area contributed by atoms with Gasteiger partial charge in [0.15, 0.2) is 11.9 Å². The van der Waals surface area contributed by atoms with E-state index in [-0.39, 0.29) is 33.4 Å². The summed E-state index contributed by atoms with van der Waals surface area (Å²) in [6.45, 7) is 2.63. The number of imide groups is 1. The number of halogens is 2. The van der Waals surface area contributed by atoms with Crippen LogP contribution in [-0.4, -0.2) is 46.4 Å². The van der Waals surface area contributed by atoms with Crippen molar-refractivity contribution in [1.82, 2.24) is 10.1 Å². The average molecular weight is 440 g/mol. The second-order valence-electron chi connectivity index (χ2n) is 6.21. The summed E-state index contributed by atoms with van der Waals surface area (Å²) < 4.78 is 9.98. The number of fused-ring (bicyclic) bond motifs is 1. The molecular formula is C18H15Cl2N3O6. The molecule has 11 heteroatoms. The lowest BCUT2D eigenvalue weighted by atomic mass is 10.1. The van der Waals surface area contributed by atoms with Gasteiger partial charge in [0.05, 0.1) is 21.2 Å². The van der Waals surface area contributed by atoms with Gasteiger partial charge in [0.1, 0.15) is 12.3 Å². The molecule has 0 fully saturated rings. The van der Waals surface area contributed by atoms with Crippen LogP contribution in [0.1, 0.15) is 39.8 Å². The van der Waals surface area contributed by atoms with Gasteiger partial charge in [0, 0.05) is 6.07 Å². The van der Waals surface area contributed by atoms with E-state index in [2.05, 4.69) is 10.5 Å². The van der Waals surface area contributed by atoms with Crippen LogP contribution < -0.4 is 5.32 Å². The standard InChI is InChI=1S/C18H15Cl2N3O6/c1-3-13(16(25)21-14-4-8(2)29-22-14)28-15(24)7-23-17(26)9-5-11(19)12(20)6-10(9)18(23)27/h4-6,13H,3,7H2,1-2H3,(H,21,22,25). The SMILES string of the molecule is CCC(OC(=O)CN1C(=O)c2cc(Cl)c(Cl)cc2C1=O)C(=O)Nc1cc(C)on1.